The standard InChI is InChI=1S/C14H14BrN5O/c1-8-14(17)9(2)20(19-8)7-13(21)18-12-5-11(15)4-3-10(12)6-16/h3-5H,7,17H2,1-2H3,(H,18,21). The lowest BCUT2D eigenvalue weighted by molar-refractivity contribution is -0.116. The van der Waals surface area contributed by atoms with Gasteiger partial charge >= 0.3 is 0 Å². The first-order valence-corrected chi connectivity index (χ1v) is 7.00. The molecule has 0 saturated carbocycles. The highest BCUT2D eigenvalue weighted by Crippen LogP contribution is 2.21. The van der Waals surface area contributed by atoms with Crippen molar-refractivity contribution in [1.29, 1.82) is 5.26 Å². The fourth-order valence-electron chi connectivity index (χ4n) is 1.91. The van der Waals surface area contributed by atoms with Gasteiger partial charge < -0.3 is 11.1 Å². The first kappa shape index (κ1) is 15.1. The van der Waals surface area contributed by atoms with Crippen molar-refractivity contribution in [3.05, 3.63) is 39.6 Å². The van der Waals surface area contributed by atoms with Gasteiger partial charge in [0.05, 0.1) is 28.3 Å². The second-order valence-electron chi connectivity index (χ2n) is 4.59. The molecule has 7 heteroatoms. The van der Waals surface area contributed by atoms with Crippen LogP contribution in [-0.2, 0) is 11.3 Å². The van der Waals surface area contributed by atoms with E-state index in [1.54, 1.807) is 29.8 Å². The number of nitrogens with two attached hydrogens (primary N) is 1. The van der Waals surface area contributed by atoms with Gasteiger partial charge in [-0.2, -0.15) is 10.4 Å². The number of nitriles is 1. The molecule has 0 aliphatic heterocycles. The number of benzene rings is 1. The summed E-state index contributed by atoms with van der Waals surface area (Å²) in [6.45, 7) is 3.64. The molecule has 0 saturated heterocycles. The Morgan fingerprint density at radius 3 is 2.81 bits per heavy atom. The number of amides is 1. The van der Waals surface area contributed by atoms with Gasteiger partial charge in [-0.3, -0.25) is 9.48 Å². The average Bonchev–Trinajstić information content (AvgIpc) is 2.66. The predicted octanol–water partition coefficient (Wildman–Crippen LogP) is 2.36. The zero-order valence-corrected chi connectivity index (χ0v) is 13.2. The van der Waals surface area contributed by atoms with Crippen molar-refractivity contribution in [3.63, 3.8) is 0 Å². The lowest BCUT2D eigenvalue weighted by atomic mass is 10.2. The fraction of sp³-hybridized carbons (Fsp3) is 0.214. The highest BCUT2D eigenvalue weighted by atomic mass is 79.9. The minimum atomic E-state index is -0.268. The molecule has 21 heavy (non-hydrogen) atoms. The van der Waals surface area contributed by atoms with E-state index < -0.39 is 0 Å². The Kier molecular flexibility index (Phi) is 4.29. The average molecular weight is 348 g/mol. The molecule has 108 valence electrons. The number of carbonyl (C=O) groups excluding carboxylic acids is 1. The Labute approximate surface area is 130 Å². The monoisotopic (exact) mass is 347 g/mol. The minimum absolute atomic E-state index is 0.0429. The van der Waals surface area contributed by atoms with Crippen molar-refractivity contribution >= 4 is 33.2 Å². The lowest BCUT2D eigenvalue weighted by Crippen LogP contribution is -2.21. The number of rotatable bonds is 3. The zero-order chi connectivity index (χ0) is 15.6. The van der Waals surface area contributed by atoms with E-state index in [0.717, 1.165) is 10.2 Å². The van der Waals surface area contributed by atoms with E-state index in [-0.39, 0.29) is 12.5 Å². The third kappa shape index (κ3) is 3.23. The van der Waals surface area contributed by atoms with Crippen molar-refractivity contribution in [2.45, 2.75) is 20.4 Å². The molecule has 0 radical (unpaired) electrons. The summed E-state index contributed by atoms with van der Waals surface area (Å²) in [5.74, 6) is -0.268. The topological polar surface area (TPSA) is 96.7 Å². The number of aromatic nitrogens is 2. The molecule has 0 atom stereocenters. The second-order valence-corrected chi connectivity index (χ2v) is 5.51. The molecule has 0 aliphatic carbocycles. The van der Waals surface area contributed by atoms with Crippen LogP contribution < -0.4 is 11.1 Å². The van der Waals surface area contributed by atoms with Crippen molar-refractivity contribution in [2.24, 2.45) is 0 Å². The van der Waals surface area contributed by atoms with Crippen LogP contribution in [0.3, 0.4) is 0 Å². The van der Waals surface area contributed by atoms with Crippen molar-refractivity contribution in [3.8, 4) is 6.07 Å². The number of anilines is 2. The van der Waals surface area contributed by atoms with E-state index in [4.69, 9.17) is 11.0 Å². The van der Waals surface area contributed by atoms with Crippen LogP contribution in [0.1, 0.15) is 17.0 Å². The summed E-state index contributed by atoms with van der Waals surface area (Å²) in [5, 5.41) is 16.0. The molecule has 0 fully saturated rings. The van der Waals surface area contributed by atoms with Crippen molar-refractivity contribution in [1.82, 2.24) is 9.78 Å². The van der Waals surface area contributed by atoms with Gasteiger partial charge in [-0.25, -0.2) is 0 Å². The van der Waals surface area contributed by atoms with Crippen LogP contribution in [0.15, 0.2) is 22.7 Å². The second kappa shape index (κ2) is 5.97. The van der Waals surface area contributed by atoms with Crippen LogP contribution in [0.5, 0.6) is 0 Å². The molecule has 2 rings (SSSR count). The van der Waals surface area contributed by atoms with Crippen LogP contribution in [0, 0.1) is 25.2 Å². The quantitative estimate of drug-likeness (QED) is 0.890. The number of halogens is 1. The molecule has 3 N–H and O–H groups in total. The molecule has 0 aliphatic rings. The molecular weight excluding hydrogens is 334 g/mol. The highest BCUT2D eigenvalue weighted by Gasteiger charge is 2.13. The third-order valence-electron chi connectivity index (χ3n) is 3.11. The van der Waals surface area contributed by atoms with Gasteiger partial charge in [0, 0.05) is 4.47 Å². The Morgan fingerprint density at radius 2 is 2.24 bits per heavy atom. The van der Waals surface area contributed by atoms with Gasteiger partial charge in [0.15, 0.2) is 0 Å². The number of hydrogen-bond donors (Lipinski definition) is 2. The third-order valence-corrected chi connectivity index (χ3v) is 3.60. The molecule has 1 amide bonds. The summed E-state index contributed by atoms with van der Waals surface area (Å²) < 4.78 is 2.33. The van der Waals surface area contributed by atoms with Crippen molar-refractivity contribution in [2.75, 3.05) is 11.1 Å². The number of nitrogens with zero attached hydrogens (tertiary/aromatic N) is 3. The van der Waals surface area contributed by atoms with E-state index in [0.29, 0.717) is 22.6 Å². The normalized spacial score (nSPS) is 10.2. The van der Waals surface area contributed by atoms with Crippen molar-refractivity contribution < 1.29 is 4.79 Å². The maximum absolute atomic E-state index is 12.1. The maximum Gasteiger partial charge on any atom is 0.246 e. The van der Waals surface area contributed by atoms with Gasteiger partial charge in [-0.15, -0.1) is 0 Å². The van der Waals surface area contributed by atoms with Crippen LogP contribution in [-0.4, -0.2) is 15.7 Å². The van der Waals surface area contributed by atoms with Gasteiger partial charge in [0.2, 0.25) is 5.91 Å². The van der Waals surface area contributed by atoms with Gasteiger partial charge in [-0.05, 0) is 32.0 Å². The zero-order valence-electron chi connectivity index (χ0n) is 11.6. The van der Waals surface area contributed by atoms with Crippen LogP contribution in [0.2, 0.25) is 0 Å². The SMILES string of the molecule is Cc1nn(CC(=O)Nc2cc(Br)ccc2C#N)c(C)c1N. The number of aryl methyl sites for hydroxylation is 1. The molecular formula is C14H14BrN5O. The molecule has 1 heterocycles. The number of carbonyl (C=O) groups is 1. The van der Waals surface area contributed by atoms with Crippen LogP contribution in [0.4, 0.5) is 11.4 Å². The summed E-state index contributed by atoms with van der Waals surface area (Å²) in [6, 6.07) is 7.11. The van der Waals surface area contributed by atoms with E-state index in [2.05, 4.69) is 26.3 Å². The predicted molar refractivity (Wildman–Crippen MR) is 83.6 cm³/mol. The van der Waals surface area contributed by atoms with E-state index in [9.17, 15) is 4.79 Å². The molecule has 0 bridgehead atoms. The highest BCUT2D eigenvalue weighted by molar-refractivity contribution is 9.10. The summed E-state index contributed by atoms with van der Waals surface area (Å²) in [7, 11) is 0. The molecule has 2 aromatic rings. The maximum atomic E-state index is 12.1. The van der Waals surface area contributed by atoms with Gasteiger partial charge in [0.1, 0.15) is 12.6 Å². The number of nitrogen functional groups attached to an aromatic ring is 1. The smallest absolute Gasteiger partial charge is 0.246 e. The Morgan fingerprint density at radius 1 is 1.52 bits per heavy atom. The first-order chi connectivity index (χ1) is 9.92. The summed E-state index contributed by atoms with van der Waals surface area (Å²) in [6.07, 6.45) is 0. The first-order valence-electron chi connectivity index (χ1n) is 6.21. The van der Waals surface area contributed by atoms with Gasteiger partial charge in [-0.1, -0.05) is 15.9 Å². The molecule has 1 aromatic heterocycles. The summed E-state index contributed by atoms with van der Waals surface area (Å²) in [4.78, 5) is 12.1. The largest absolute Gasteiger partial charge is 0.396 e. The molecule has 6 nitrogen and oxygen atoms in total. The van der Waals surface area contributed by atoms with E-state index in [1.807, 2.05) is 13.0 Å². The minimum Gasteiger partial charge on any atom is -0.396 e. The molecule has 0 unspecified atom stereocenters. The number of hydrogen-bond acceptors (Lipinski definition) is 4. The van der Waals surface area contributed by atoms with E-state index in [1.165, 1.54) is 0 Å². The molecule has 1 aromatic carbocycles. The summed E-state index contributed by atoms with van der Waals surface area (Å²) in [5.41, 5.74) is 8.73. The Balaban J connectivity index is 2.17. The Bertz CT molecular complexity index is 745. The Hall–Kier alpha value is -2.33. The van der Waals surface area contributed by atoms with E-state index >= 15 is 0 Å². The fourth-order valence-corrected chi connectivity index (χ4v) is 2.27. The number of nitrogens with one attached hydrogen (secondary N) is 1. The van der Waals surface area contributed by atoms with Crippen LogP contribution >= 0.6 is 15.9 Å². The summed E-state index contributed by atoms with van der Waals surface area (Å²) >= 11 is 3.31. The molecule has 0 spiro atoms. The van der Waals surface area contributed by atoms with Crippen LogP contribution in [0.25, 0.3) is 0 Å². The van der Waals surface area contributed by atoms with Gasteiger partial charge in [0.25, 0.3) is 0 Å². The lowest BCUT2D eigenvalue weighted by Gasteiger charge is -2.08.